The van der Waals surface area contributed by atoms with Crippen LogP contribution in [0.2, 0.25) is 0 Å². The standard InChI is InChI=1S/C24H22BrN3O4/c1-24(2,3)32-23(31)20-18-17(19-16-7-5-4-6-13(16)12-26-28(19)20)21(29)27(22(18)30)15-10-8-14(25)9-11-15/h4-12,17-20H,1-3H3/t17-,18+,19?,20-/m0/s1. The van der Waals surface area contributed by atoms with Gasteiger partial charge in [0.05, 0.1) is 29.8 Å². The van der Waals surface area contributed by atoms with Crippen LogP contribution in [0.4, 0.5) is 5.69 Å². The average Bonchev–Trinajstić information content (AvgIpc) is 3.21. The maximum atomic E-state index is 13.7. The Hall–Kier alpha value is -3.00. The number of halogens is 1. The van der Waals surface area contributed by atoms with Gasteiger partial charge in [-0.15, -0.1) is 0 Å². The molecule has 4 atom stereocenters. The summed E-state index contributed by atoms with van der Waals surface area (Å²) in [5.74, 6) is -2.89. The molecule has 32 heavy (non-hydrogen) atoms. The van der Waals surface area contributed by atoms with Crippen molar-refractivity contribution in [3.63, 3.8) is 0 Å². The monoisotopic (exact) mass is 495 g/mol. The second-order valence-corrected chi connectivity index (χ2v) is 10.1. The van der Waals surface area contributed by atoms with Crippen molar-refractivity contribution < 1.29 is 19.1 Å². The third-order valence-corrected chi connectivity index (χ3v) is 6.55. The average molecular weight is 496 g/mol. The number of hydrazone groups is 1. The molecule has 2 saturated heterocycles. The molecule has 1 unspecified atom stereocenters. The number of amides is 2. The van der Waals surface area contributed by atoms with Gasteiger partial charge in [-0.1, -0.05) is 40.2 Å². The zero-order valence-corrected chi connectivity index (χ0v) is 19.4. The normalized spacial score (nSPS) is 26.1. The van der Waals surface area contributed by atoms with Crippen LogP contribution in [0.15, 0.2) is 58.1 Å². The number of rotatable bonds is 2. The van der Waals surface area contributed by atoms with E-state index in [0.29, 0.717) is 5.69 Å². The van der Waals surface area contributed by atoms with Gasteiger partial charge in [-0.05, 0) is 56.2 Å². The summed E-state index contributed by atoms with van der Waals surface area (Å²) in [6, 6.07) is 13.1. The van der Waals surface area contributed by atoms with Crippen molar-refractivity contribution in [1.82, 2.24) is 5.01 Å². The van der Waals surface area contributed by atoms with Gasteiger partial charge in [0.2, 0.25) is 11.8 Å². The van der Waals surface area contributed by atoms with Crippen LogP contribution in [-0.4, -0.2) is 40.7 Å². The lowest BCUT2D eigenvalue weighted by atomic mass is 9.85. The topological polar surface area (TPSA) is 79.3 Å². The Labute approximate surface area is 194 Å². The maximum Gasteiger partial charge on any atom is 0.331 e. The molecule has 0 aromatic heterocycles. The van der Waals surface area contributed by atoms with Gasteiger partial charge >= 0.3 is 5.97 Å². The zero-order chi connectivity index (χ0) is 22.8. The number of hydrogen-bond acceptors (Lipinski definition) is 6. The Kier molecular flexibility index (Phi) is 4.74. The maximum absolute atomic E-state index is 13.7. The van der Waals surface area contributed by atoms with Crippen molar-refractivity contribution in [2.24, 2.45) is 16.9 Å². The first-order chi connectivity index (χ1) is 15.2. The van der Waals surface area contributed by atoms with Crippen molar-refractivity contribution in [2.75, 3.05) is 4.90 Å². The van der Waals surface area contributed by atoms with Crippen molar-refractivity contribution in [3.05, 3.63) is 64.1 Å². The van der Waals surface area contributed by atoms with E-state index in [4.69, 9.17) is 4.74 Å². The molecule has 0 radical (unpaired) electrons. The number of anilines is 1. The highest BCUT2D eigenvalue weighted by Crippen LogP contribution is 2.52. The highest BCUT2D eigenvalue weighted by molar-refractivity contribution is 9.10. The Morgan fingerprint density at radius 1 is 1.00 bits per heavy atom. The molecule has 2 fully saturated rings. The van der Waals surface area contributed by atoms with E-state index in [1.165, 1.54) is 4.90 Å². The summed E-state index contributed by atoms with van der Waals surface area (Å²) in [5, 5.41) is 6.10. The Bertz CT molecular complexity index is 1150. The first-order valence-electron chi connectivity index (χ1n) is 10.4. The SMILES string of the molecule is CC(C)(C)OC(=O)[C@@H]1[C@@H]2C(=O)N(c3ccc(Br)cc3)C(=O)[C@@H]2C2c3ccccc3C=NN21. The second kappa shape index (κ2) is 7.27. The van der Waals surface area contributed by atoms with Crippen LogP contribution in [-0.2, 0) is 19.1 Å². The number of nitrogens with zero attached hydrogens (tertiary/aromatic N) is 3. The van der Waals surface area contributed by atoms with Gasteiger partial charge in [-0.2, -0.15) is 5.10 Å². The van der Waals surface area contributed by atoms with Crippen LogP contribution >= 0.6 is 15.9 Å². The summed E-state index contributed by atoms with van der Waals surface area (Å²) < 4.78 is 6.51. The van der Waals surface area contributed by atoms with E-state index in [2.05, 4.69) is 21.0 Å². The minimum Gasteiger partial charge on any atom is -0.458 e. The lowest BCUT2D eigenvalue weighted by Gasteiger charge is -2.34. The number of fused-ring (bicyclic) bond motifs is 5. The van der Waals surface area contributed by atoms with E-state index >= 15 is 0 Å². The van der Waals surface area contributed by atoms with Crippen LogP contribution in [0.1, 0.15) is 37.9 Å². The number of carbonyl (C=O) groups is 3. The van der Waals surface area contributed by atoms with E-state index in [1.54, 1.807) is 56.3 Å². The lowest BCUT2D eigenvalue weighted by Crippen LogP contribution is -2.46. The third kappa shape index (κ3) is 3.16. The second-order valence-electron chi connectivity index (χ2n) is 9.22. The van der Waals surface area contributed by atoms with Gasteiger partial charge in [0, 0.05) is 4.47 Å². The summed E-state index contributed by atoms with van der Waals surface area (Å²) in [6.45, 7) is 5.33. The van der Waals surface area contributed by atoms with E-state index in [-0.39, 0.29) is 5.91 Å². The van der Waals surface area contributed by atoms with E-state index in [9.17, 15) is 14.4 Å². The van der Waals surface area contributed by atoms with Crippen LogP contribution in [0.3, 0.4) is 0 Å². The molecule has 2 amide bonds. The smallest absolute Gasteiger partial charge is 0.331 e. The van der Waals surface area contributed by atoms with Crippen LogP contribution in [0.5, 0.6) is 0 Å². The number of carbonyl (C=O) groups excluding carboxylic acids is 3. The Morgan fingerprint density at radius 3 is 2.34 bits per heavy atom. The van der Waals surface area contributed by atoms with E-state index < -0.39 is 41.4 Å². The first kappa shape index (κ1) is 20.9. The van der Waals surface area contributed by atoms with E-state index in [1.807, 2.05) is 24.3 Å². The number of hydrogen-bond donors (Lipinski definition) is 0. The molecule has 3 aliphatic heterocycles. The highest BCUT2D eigenvalue weighted by atomic mass is 79.9. The van der Waals surface area contributed by atoms with E-state index in [0.717, 1.165) is 15.6 Å². The van der Waals surface area contributed by atoms with Gasteiger partial charge in [-0.25, -0.2) is 9.69 Å². The zero-order valence-electron chi connectivity index (χ0n) is 17.9. The summed E-state index contributed by atoms with van der Waals surface area (Å²) in [5.41, 5.74) is 1.50. The van der Waals surface area contributed by atoms with Crippen molar-refractivity contribution in [2.45, 2.75) is 38.5 Å². The molecule has 7 nitrogen and oxygen atoms in total. The fourth-order valence-corrected chi connectivity index (χ4v) is 5.11. The van der Waals surface area contributed by atoms with Crippen LogP contribution < -0.4 is 4.90 Å². The third-order valence-electron chi connectivity index (χ3n) is 6.03. The molecule has 8 heteroatoms. The van der Waals surface area contributed by atoms with Crippen molar-refractivity contribution in [3.8, 4) is 0 Å². The molecular formula is C24H22BrN3O4. The van der Waals surface area contributed by atoms with Crippen molar-refractivity contribution in [1.29, 1.82) is 0 Å². The molecule has 3 aliphatic rings. The molecule has 2 aromatic carbocycles. The Balaban J connectivity index is 1.62. The van der Waals surface area contributed by atoms with Crippen LogP contribution in [0.25, 0.3) is 0 Å². The molecular weight excluding hydrogens is 474 g/mol. The van der Waals surface area contributed by atoms with Gasteiger partial charge in [0.1, 0.15) is 5.60 Å². The number of ether oxygens (including phenoxy) is 1. The van der Waals surface area contributed by atoms with Gasteiger partial charge in [0.15, 0.2) is 6.04 Å². The molecule has 0 bridgehead atoms. The minimum atomic E-state index is -0.981. The minimum absolute atomic E-state index is 0.324. The summed E-state index contributed by atoms with van der Waals surface area (Å²) >= 11 is 3.38. The predicted molar refractivity (Wildman–Crippen MR) is 122 cm³/mol. The number of esters is 1. The predicted octanol–water partition coefficient (Wildman–Crippen LogP) is 3.67. The molecule has 0 aliphatic carbocycles. The highest BCUT2D eigenvalue weighted by Gasteiger charge is 2.66. The first-order valence-corrected chi connectivity index (χ1v) is 11.2. The molecule has 5 rings (SSSR count). The van der Waals surface area contributed by atoms with Crippen molar-refractivity contribution >= 4 is 45.6 Å². The van der Waals surface area contributed by atoms with Gasteiger partial charge < -0.3 is 4.74 Å². The number of imide groups is 1. The molecule has 0 N–H and O–H groups in total. The summed E-state index contributed by atoms with van der Waals surface area (Å²) in [6.07, 6.45) is 1.67. The molecule has 164 valence electrons. The fourth-order valence-electron chi connectivity index (χ4n) is 4.85. The summed E-state index contributed by atoms with van der Waals surface area (Å²) in [4.78, 5) is 41.8. The largest absolute Gasteiger partial charge is 0.458 e. The Morgan fingerprint density at radius 2 is 1.66 bits per heavy atom. The molecule has 0 spiro atoms. The quantitative estimate of drug-likeness (QED) is 0.469. The molecule has 3 heterocycles. The molecule has 2 aromatic rings. The fraction of sp³-hybridized carbons (Fsp3) is 0.333. The van der Waals surface area contributed by atoms with Gasteiger partial charge in [0.25, 0.3) is 0 Å². The number of benzene rings is 2. The molecule has 0 saturated carbocycles. The van der Waals surface area contributed by atoms with Crippen LogP contribution in [0, 0.1) is 11.8 Å². The van der Waals surface area contributed by atoms with Gasteiger partial charge in [-0.3, -0.25) is 14.6 Å². The lowest BCUT2D eigenvalue weighted by molar-refractivity contribution is -0.163. The summed E-state index contributed by atoms with van der Waals surface area (Å²) in [7, 11) is 0.